The normalized spacial score (nSPS) is 14.0. The van der Waals surface area contributed by atoms with E-state index in [0.717, 1.165) is 24.3 Å². The number of carbonyl (C=O) groups is 1. The molecule has 1 unspecified atom stereocenters. The standard InChI is InChI=1S/C22H27NO4/c1-16(27-21-11-10-17-6-3-4-7-18(17)14-21)22(24)23-12-13-26-20-9-5-8-19(15-20)25-2/h5,8-11,14-16H,3-4,6-7,12-13H2,1-2H3,(H,23,24). The van der Waals surface area contributed by atoms with E-state index in [4.69, 9.17) is 14.2 Å². The summed E-state index contributed by atoms with van der Waals surface area (Å²) in [5.41, 5.74) is 2.75. The maximum absolute atomic E-state index is 12.2. The maximum atomic E-state index is 12.2. The number of nitrogens with one attached hydrogen (secondary N) is 1. The Kier molecular flexibility index (Phi) is 6.58. The Morgan fingerprint density at radius 2 is 1.81 bits per heavy atom. The van der Waals surface area contributed by atoms with Gasteiger partial charge in [-0.3, -0.25) is 4.79 Å². The van der Waals surface area contributed by atoms with Crippen molar-refractivity contribution >= 4 is 5.91 Å². The van der Waals surface area contributed by atoms with E-state index in [-0.39, 0.29) is 5.91 Å². The van der Waals surface area contributed by atoms with Crippen LogP contribution in [0, 0.1) is 0 Å². The molecular formula is C22H27NO4. The van der Waals surface area contributed by atoms with Gasteiger partial charge < -0.3 is 19.5 Å². The molecule has 5 heteroatoms. The summed E-state index contributed by atoms with van der Waals surface area (Å²) in [7, 11) is 1.61. The van der Waals surface area contributed by atoms with Crippen LogP contribution in [0.1, 0.15) is 30.9 Å². The minimum atomic E-state index is -0.552. The lowest BCUT2D eigenvalue weighted by molar-refractivity contribution is -0.127. The van der Waals surface area contributed by atoms with Crippen LogP contribution in [0.5, 0.6) is 17.2 Å². The average molecular weight is 369 g/mol. The number of hydrogen-bond donors (Lipinski definition) is 1. The molecule has 3 rings (SSSR count). The number of hydrogen-bond acceptors (Lipinski definition) is 4. The molecule has 1 aliphatic carbocycles. The molecule has 1 N–H and O–H groups in total. The van der Waals surface area contributed by atoms with Crippen LogP contribution in [0.3, 0.4) is 0 Å². The highest BCUT2D eigenvalue weighted by molar-refractivity contribution is 5.80. The second-order valence-corrected chi connectivity index (χ2v) is 6.72. The van der Waals surface area contributed by atoms with Crippen LogP contribution >= 0.6 is 0 Å². The third kappa shape index (κ3) is 5.39. The van der Waals surface area contributed by atoms with Gasteiger partial charge in [-0.05, 0) is 68.0 Å². The lowest BCUT2D eigenvalue weighted by Gasteiger charge is -2.19. The molecule has 1 atom stereocenters. The van der Waals surface area contributed by atoms with Gasteiger partial charge in [-0.25, -0.2) is 0 Å². The first-order valence-electron chi connectivity index (χ1n) is 9.49. The summed E-state index contributed by atoms with van der Waals surface area (Å²) in [6, 6.07) is 13.5. The largest absolute Gasteiger partial charge is 0.497 e. The summed E-state index contributed by atoms with van der Waals surface area (Å²) in [5.74, 6) is 2.05. The number of amides is 1. The maximum Gasteiger partial charge on any atom is 0.260 e. The van der Waals surface area contributed by atoms with Gasteiger partial charge >= 0.3 is 0 Å². The highest BCUT2D eigenvalue weighted by atomic mass is 16.5. The number of fused-ring (bicyclic) bond motifs is 1. The lowest BCUT2D eigenvalue weighted by Crippen LogP contribution is -2.38. The molecule has 0 aromatic heterocycles. The first-order chi connectivity index (χ1) is 13.2. The van der Waals surface area contributed by atoms with Crippen molar-refractivity contribution in [2.45, 2.75) is 38.7 Å². The van der Waals surface area contributed by atoms with Crippen LogP contribution in [-0.4, -0.2) is 32.3 Å². The van der Waals surface area contributed by atoms with Gasteiger partial charge in [0.25, 0.3) is 5.91 Å². The molecule has 0 radical (unpaired) electrons. The second-order valence-electron chi connectivity index (χ2n) is 6.72. The Morgan fingerprint density at radius 3 is 2.63 bits per heavy atom. The third-order valence-electron chi connectivity index (χ3n) is 4.71. The minimum absolute atomic E-state index is 0.151. The van der Waals surface area contributed by atoms with Crippen molar-refractivity contribution < 1.29 is 19.0 Å². The van der Waals surface area contributed by atoms with E-state index in [1.165, 1.54) is 24.0 Å². The van der Waals surface area contributed by atoms with E-state index in [9.17, 15) is 4.79 Å². The molecule has 144 valence electrons. The monoisotopic (exact) mass is 369 g/mol. The SMILES string of the molecule is COc1cccc(OCCNC(=O)C(C)Oc2ccc3c(c2)CCCC3)c1. The van der Waals surface area contributed by atoms with Crippen LogP contribution in [-0.2, 0) is 17.6 Å². The predicted octanol–water partition coefficient (Wildman–Crippen LogP) is 3.54. The van der Waals surface area contributed by atoms with Gasteiger partial charge in [0.2, 0.25) is 0 Å². The lowest BCUT2D eigenvalue weighted by atomic mass is 9.92. The number of carbonyl (C=O) groups excluding carboxylic acids is 1. The van der Waals surface area contributed by atoms with Crippen molar-refractivity contribution in [2.24, 2.45) is 0 Å². The molecule has 0 heterocycles. The van der Waals surface area contributed by atoms with Gasteiger partial charge in [0.1, 0.15) is 23.9 Å². The molecule has 0 saturated heterocycles. The van der Waals surface area contributed by atoms with Gasteiger partial charge in [-0.1, -0.05) is 12.1 Å². The van der Waals surface area contributed by atoms with E-state index < -0.39 is 6.10 Å². The molecule has 0 saturated carbocycles. The average Bonchev–Trinajstić information content (AvgIpc) is 2.71. The van der Waals surface area contributed by atoms with Gasteiger partial charge in [0.15, 0.2) is 6.10 Å². The molecular weight excluding hydrogens is 342 g/mol. The summed E-state index contributed by atoms with van der Waals surface area (Å²) in [5, 5.41) is 2.84. The molecule has 27 heavy (non-hydrogen) atoms. The van der Waals surface area contributed by atoms with Gasteiger partial charge in [-0.15, -0.1) is 0 Å². The zero-order valence-electron chi connectivity index (χ0n) is 16.0. The van der Waals surface area contributed by atoms with Gasteiger partial charge in [0.05, 0.1) is 13.7 Å². The van der Waals surface area contributed by atoms with E-state index in [2.05, 4.69) is 17.4 Å². The van der Waals surface area contributed by atoms with Crippen LogP contribution in [0.25, 0.3) is 0 Å². The fraction of sp³-hybridized carbons (Fsp3) is 0.409. The molecule has 0 fully saturated rings. The fourth-order valence-corrected chi connectivity index (χ4v) is 3.22. The quantitative estimate of drug-likeness (QED) is 0.723. The van der Waals surface area contributed by atoms with Crippen molar-refractivity contribution in [3.05, 3.63) is 53.6 Å². The Bertz CT molecular complexity index is 775. The van der Waals surface area contributed by atoms with E-state index >= 15 is 0 Å². The molecule has 1 amide bonds. The van der Waals surface area contributed by atoms with Crippen molar-refractivity contribution in [1.29, 1.82) is 0 Å². The van der Waals surface area contributed by atoms with Gasteiger partial charge in [-0.2, -0.15) is 0 Å². The minimum Gasteiger partial charge on any atom is -0.497 e. The van der Waals surface area contributed by atoms with E-state index in [0.29, 0.717) is 18.9 Å². The van der Waals surface area contributed by atoms with Crippen LogP contribution in [0.15, 0.2) is 42.5 Å². The van der Waals surface area contributed by atoms with Crippen LogP contribution in [0.4, 0.5) is 0 Å². The highest BCUT2D eigenvalue weighted by Crippen LogP contribution is 2.25. The summed E-state index contributed by atoms with van der Waals surface area (Å²) >= 11 is 0. The number of methoxy groups -OCH3 is 1. The Labute approximate surface area is 160 Å². The summed E-state index contributed by atoms with van der Waals surface area (Å²) in [6.45, 7) is 2.55. The Hall–Kier alpha value is -2.69. The molecule has 0 bridgehead atoms. The summed E-state index contributed by atoms with van der Waals surface area (Å²) < 4.78 is 16.6. The van der Waals surface area contributed by atoms with E-state index in [1.807, 2.05) is 30.3 Å². The number of aryl methyl sites for hydroxylation is 2. The number of rotatable bonds is 8. The van der Waals surface area contributed by atoms with E-state index in [1.54, 1.807) is 14.0 Å². The zero-order chi connectivity index (χ0) is 19.1. The van der Waals surface area contributed by atoms with Crippen LogP contribution in [0.2, 0.25) is 0 Å². The first-order valence-corrected chi connectivity index (χ1v) is 9.49. The first kappa shape index (κ1) is 19.1. The molecule has 2 aromatic rings. The van der Waals surface area contributed by atoms with Crippen molar-refractivity contribution in [3.63, 3.8) is 0 Å². The highest BCUT2D eigenvalue weighted by Gasteiger charge is 2.16. The Morgan fingerprint density at radius 1 is 1.04 bits per heavy atom. The molecule has 5 nitrogen and oxygen atoms in total. The van der Waals surface area contributed by atoms with Crippen molar-refractivity contribution in [1.82, 2.24) is 5.32 Å². The molecule has 1 aliphatic rings. The molecule has 0 spiro atoms. The summed E-state index contributed by atoms with van der Waals surface area (Å²) in [6.07, 6.45) is 4.15. The summed E-state index contributed by atoms with van der Waals surface area (Å²) in [4.78, 5) is 12.2. The van der Waals surface area contributed by atoms with Crippen molar-refractivity contribution in [2.75, 3.05) is 20.3 Å². The van der Waals surface area contributed by atoms with Crippen molar-refractivity contribution in [3.8, 4) is 17.2 Å². The number of benzene rings is 2. The second kappa shape index (κ2) is 9.31. The third-order valence-corrected chi connectivity index (χ3v) is 4.71. The fourth-order valence-electron chi connectivity index (χ4n) is 3.22. The van der Waals surface area contributed by atoms with Gasteiger partial charge in [0, 0.05) is 6.07 Å². The molecule has 0 aliphatic heterocycles. The Balaban J connectivity index is 1.42. The molecule has 2 aromatic carbocycles. The topological polar surface area (TPSA) is 56.8 Å². The zero-order valence-corrected chi connectivity index (χ0v) is 16.0. The predicted molar refractivity (Wildman–Crippen MR) is 105 cm³/mol. The van der Waals surface area contributed by atoms with Crippen LogP contribution < -0.4 is 19.5 Å². The number of ether oxygens (including phenoxy) is 3. The smallest absolute Gasteiger partial charge is 0.260 e.